The van der Waals surface area contributed by atoms with Gasteiger partial charge >= 0.3 is 0 Å². The Morgan fingerprint density at radius 3 is 2.64 bits per heavy atom. The molecule has 0 spiro atoms. The fourth-order valence-corrected chi connectivity index (χ4v) is 6.63. The highest BCUT2D eigenvalue weighted by atomic mass is 79.9. The van der Waals surface area contributed by atoms with Crippen LogP contribution >= 0.6 is 15.9 Å². The molecular formula is C26H33BrN4O4S. The number of amides is 2. The lowest BCUT2D eigenvalue weighted by molar-refractivity contribution is -0.116. The quantitative estimate of drug-likeness (QED) is 0.442. The first-order chi connectivity index (χ1) is 17.1. The van der Waals surface area contributed by atoms with Gasteiger partial charge in [0, 0.05) is 22.6 Å². The third kappa shape index (κ3) is 6.86. The Labute approximate surface area is 221 Å². The number of nitrogens with zero attached hydrogens (tertiary/aromatic N) is 1. The van der Waals surface area contributed by atoms with Crippen LogP contribution in [-0.4, -0.2) is 62.6 Å². The van der Waals surface area contributed by atoms with E-state index in [1.54, 1.807) is 36.4 Å². The molecule has 0 aliphatic carbocycles. The molecule has 2 aliphatic heterocycles. The Bertz CT molecular complexity index is 1230. The molecule has 0 bridgehead atoms. The maximum Gasteiger partial charge on any atom is 0.251 e. The third-order valence-electron chi connectivity index (χ3n) is 6.88. The summed E-state index contributed by atoms with van der Waals surface area (Å²) in [7, 11) is -3.55. The normalized spacial score (nSPS) is 19.6. The fraction of sp³-hybridized carbons (Fsp3) is 0.462. The Morgan fingerprint density at radius 1 is 1.17 bits per heavy atom. The summed E-state index contributed by atoms with van der Waals surface area (Å²) >= 11 is 3.35. The van der Waals surface area contributed by atoms with Crippen LogP contribution in [0.5, 0.6) is 0 Å². The summed E-state index contributed by atoms with van der Waals surface area (Å²) in [5, 5.41) is 8.78. The first kappa shape index (κ1) is 26.6. The van der Waals surface area contributed by atoms with Crippen molar-refractivity contribution >= 4 is 49.0 Å². The zero-order valence-corrected chi connectivity index (χ0v) is 23.0. The lowest BCUT2D eigenvalue weighted by atomic mass is 9.98. The second-order valence-electron chi connectivity index (χ2n) is 9.91. The smallest absolute Gasteiger partial charge is 0.251 e. The molecule has 10 heteroatoms. The number of likely N-dealkylation sites (tertiary alicyclic amines) is 1. The Hall–Kier alpha value is -2.43. The van der Waals surface area contributed by atoms with Gasteiger partial charge < -0.3 is 16.0 Å². The lowest BCUT2D eigenvalue weighted by Crippen LogP contribution is -2.45. The van der Waals surface area contributed by atoms with E-state index in [1.807, 2.05) is 6.07 Å². The second-order valence-corrected chi connectivity index (χ2v) is 12.9. The second kappa shape index (κ2) is 11.3. The van der Waals surface area contributed by atoms with Crippen LogP contribution in [0, 0.1) is 5.92 Å². The van der Waals surface area contributed by atoms with Crippen molar-refractivity contribution in [3.05, 3.63) is 58.1 Å². The van der Waals surface area contributed by atoms with Crippen LogP contribution in [0.3, 0.4) is 0 Å². The number of fused-ring (bicyclic) bond motifs is 1. The molecule has 1 fully saturated rings. The number of benzene rings is 2. The molecule has 3 N–H and O–H groups in total. The van der Waals surface area contributed by atoms with Crippen molar-refractivity contribution in [1.82, 2.24) is 10.2 Å². The van der Waals surface area contributed by atoms with E-state index in [-0.39, 0.29) is 23.5 Å². The van der Waals surface area contributed by atoms with E-state index in [1.165, 1.54) is 12.8 Å². The molecule has 2 amide bonds. The van der Waals surface area contributed by atoms with E-state index >= 15 is 0 Å². The van der Waals surface area contributed by atoms with Gasteiger partial charge in [-0.3, -0.25) is 14.5 Å². The van der Waals surface area contributed by atoms with E-state index in [0.29, 0.717) is 29.0 Å². The van der Waals surface area contributed by atoms with Crippen molar-refractivity contribution in [1.29, 1.82) is 0 Å². The van der Waals surface area contributed by atoms with Crippen molar-refractivity contribution < 1.29 is 18.0 Å². The van der Waals surface area contributed by atoms with E-state index in [0.717, 1.165) is 23.5 Å². The average molecular weight is 578 g/mol. The Morgan fingerprint density at radius 2 is 1.92 bits per heavy atom. The summed E-state index contributed by atoms with van der Waals surface area (Å²) in [4.78, 5) is 27.8. The topological polar surface area (TPSA) is 108 Å². The van der Waals surface area contributed by atoms with Gasteiger partial charge in [0.1, 0.15) is 6.04 Å². The summed E-state index contributed by atoms with van der Waals surface area (Å²) in [5.74, 6) is -0.374. The number of piperidine rings is 1. The Kier molecular flexibility index (Phi) is 8.37. The minimum atomic E-state index is -3.55. The van der Waals surface area contributed by atoms with E-state index in [9.17, 15) is 18.0 Å². The SMILES string of the molecule is CC1CCN(C(C)CNC(=O)c2ccc3c(c2)NC(=O)C(CS(=O)(=O)Cc2cccc(Br)c2)N3)CC1. The summed E-state index contributed by atoms with van der Waals surface area (Å²) in [6, 6.07) is 11.4. The van der Waals surface area contributed by atoms with Gasteiger partial charge in [0.05, 0.1) is 22.9 Å². The molecule has 0 saturated carbocycles. The van der Waals surface area contributed by atoms with Gasteiger partial charge in [-0.15, -0.1) is 0 Å². The Balaban J connectivity index is 1.34. The number of halogens is 1. The van der Waals surface area contributed by atoms with Crippen molar-refractivity contribution in [2.45, 2.75) is 44.5 Å². The van der Waals surface area contributed by atoms with Gasteiger partial charge in [-0.25, -0.2) is 8.42 Å². The van der Waals surface area contributed by atoms with Crippen molar-refractivity contribution in [2.24, 2.45) is 5.92 Å². The van der Waals surface area contributed by atoms with Gasteiger partial charge in [0.2, 0.25) is 5.91 Å². The van der Waals surface area contributed by atoms with Crippen molar-refractivity contribution in [2.75, 3.05) is 36.0 Å². The molecular weight excluding hydrogens is 544 g/mol. The zero-order chi connectivity index (χ0) is 25.9. The average Bonchev–Trinajstić information content (AvgIpc) is 2.82. The van der Waals surface area contributed by atoms with Crippen LogP contribution in [0.15, 0.2) is 46.9 Å². The number of rotatable bonds is 8. The third-order valence-corrected chi connectivity index (χ3v) is 8.99. The summed E-state index contributed by atoms with van der Waals surface area (Å²) in [6.45, 7) is 7.05. The number of nitrogens with one attached hydrogen (secondary N) is 3. The summed E-state index contributed by atoms with van der Waals surface area (Å²) in [5.41, 5.74) is 2.15. The monoisotopic (exact) mass is 576 g/mol. The van der Waals surface area contributed by atoms with Crippen molar-refractivity contribution in [3.63, 3.8) is 0 Å². The molecule has 36 heavy (non-hydrogen) atoms. The first-order valence-corrected chi connectivity index (χ1v) is 14.9. The van der Waals surface area contributed by atoms with E-state index < -0.39 is 21.8 Å². The van der Waals surface area contributed by atoms with E-state index in [4.69, 9.17) is 0 Å². The molecule has 1 saturated heterocycles. The van der Waals surface area contributed by atoms with Gasteiger partial charge in [-0.1, -0.05) is 35.0 Å². The summed E-state index contributed by atoms with van der Waals surface area (Å²) in [6.07, 6.45) is 2.37. The van der Waals surface area contributed by atoms with Crippen LogP contribution in [0.2, 0.25) is 0 Å². The highest BCUT2D eigenvalue weighted by Gasteiger charge is 2.31. The minimum absolute atomic E-state index is 0.154. The molecule has 4 rings (SSSR count). The molecule has 8 nitrogen and oxygen atoms in total. The van der Waals surface area contributed by atoms with Crippen LogP contribution in [0.4, 0.5) is 11.4 Å². The van der Waals surface area contributed by atoms with Crippen molar-refractivity contribution in [3.8, 4) is 0 Å². The van der Waals surface area contributed by atoms with Crippen LogP contribution in [-0.2, 0) is 20.4 Å². The van der Waals surface area contributed by atoms with Crippen LogP contribution in [0.1, 0.15) is 42.6 Å². The van der Waals surface area contributed by atoms with Gasteiger partial charge in [0.15, 0.2) is 9.84 Å². The maximum atomic E-state index is 12.8. The standard InChI is InChI=1S/C26H33BrN4O4S/c1-17-8-10-31(11-9-17)18(2)14-28-25(32)20-6-7-22-23(13-20)30-26(33)24(29-22)16-36(34,35)15-19-4-3-5-21(27)12-19/h3-7,12-13,17-18,24,29H,8-11,14-16H2,1-2H3,(H,28,32)(H,30,33). The molecule has 0 radical (unpaired) electrons. The minimum Gasteiger partial charge on any atom is -0.371 e. The van der Waals surface area contributed by atoms with Gasteiger partial charge in [-0.2, -0.15) is 0 Å². The molecule has 2 aromatic carbocycles. The number of hydrogen-bond acceptors (Lipinski definition) is 6. The lowest BCUT2D eigenvalue weighted by Gasteiger charge is -2.35. The van der Waals surface area contributed by atoms with Gasteiger partial charge in [-0.05, 0) is 74.7 Å². The summed E-state index contributed by atoms with van der Waals surface area (Å²) < 4.78 is 26.3. The number of sulfone groups is 1. The molecule has 2 atom stereocenters. The number of anilines is 2. The van der Waals surface area contributed by atoms with Crippen LogP contribution < -0.4 is 16.0 Å². The fourth-order valence-electron chi connectivity index (χ4n) is 4.64. The molecule has 2 heterocycles. The number of carbonyl (C=O) groups excluding carboxylic acids is 2. The maximum absolute atomic E-state index is 12.8. The largest absolute Gasteiger partial charge is 0.371 e. The molecule has 2 aliphatic rings. The highest BCUT2D eigenvalue weighted by molar-refractivity contribution is 9.10. The van der Waals surface area contributed by atoms with Crippen LogP contribution in [0.25, 0.3) is 0 Å². The first-order valence-electron chi connectivity index (χ1n) is 12.3. The molecule has 2 aromatic rings. The highest BCUT2D eigenvalue weighted by Crippen LogP contribution is 2.29. The molecule has 0 aromatic heterocycles. The number of hydrogen-bond donors (Lipinski definition) is 3. The predicted octanol–water partition coefficient (Wildman–Crippen LogP) is 3.65. The van der Waals surface area contributed by atoms with E-state index in [2.05, 4.69) is 50.6 Å². The zero-order valence-electron chi connectivity index (χ0n) is 20.6. The molecule has 194 valence electrons. The number of carbonyl (C=O) groups is 2. The predicted molar refractivity (Wildman–Crippen MR) is 146 cm³/mol. The van der Waals surface area contributed by atoms with Gasteiger partial charge in [0.25, 0.3) is 5.91 Å². The molecule has 2 unspecified atom stereocenters.